The largest absolute Gasteiger partial charge is 0.488 e. The van der Waals surface area contributed by atoms with E-state index in [-0.39, 0.29) is 0 Å². The molecule has 0 amide bonds. The van der Waals surface area contributed by atoms with Crippen molar-refractivity contribution in [1.82, 2.24) is 0 Å². The number of ether oxygens (including phenoxy) is 1. The predicted octanol–water partition coefficient (Wildman–Crippen LogP) is 8.07. The molecule has 5 aromatic carbocycles. The van der Waals surface area contributed by atoms with Crippen molar-refractivity contribution in [3.8, 4) is 5.75 Å². The Labute approximate surface area is 246 Å². The second-order valence-electron chi connectivity index (χ2n) is 10.9. The standard InChI is InChI=1S/C38H38NOP/c1-5-15-30(16-6-1)25-33-27-34(26-31-17-7-2-8-18-31)38(40-29-32-19-9-3-10-20-32)37(28-33)41-36-22-12-11-21-35(36)39-23-13-4-14-24-39/h1-3,5-12,15-22,27-28,41H,4,13-14,23-26,29H2. The van der Waals surface area contributed by atoms with E-state index < -0.39 is 0 Å². The van der Waals surface area contributed by atoms with Crippen LogP contribution in [-0.2, 0) is 19.4 Å². The van der Waals surface area contributed by atoms with Crippen LogP contribution in [0.4, 0.5) is 5.69 Å². The van der Waals surface area contributed by atoms with Gasteiger partial charge in [-0.05, 0) is 65.6 Å². The van der Waals surface area contributed by atoms with Crippen LogP contribution in [0.1, 0.15) is 47.1 Å². The van der Waals surface area contributed by atoms with Crippen LogP contribution in [0, 0.1) is 0 Å². The Hall–Kier alpha value is -3.87. The van der Waals surface area contributed by atoms with Crippen LogP contribution >= 0.6 is 8.58 Å². The van der Waals surface area contributed by atoms with Gasteiger partial charge in [-0.3, -0.25) is 0 Å². The molecule has 0 bridgehead atoms. The Morgan fingerprint density at radius 1 is 0.537 bits per heavy atom. The van der Waals surface area contributed by atoms with Gasteiger partial charge in [0.15, 0.2) is 0 Å². The van der Waals surface area contributed by atoms with Gasteiger partial charge in [-0.2, -0.15) is 0 Å². The molecule has 5 aromatic rings. The lowest BCUT2D eigenvalue weighted by Crippen LogP contribution is -2.32. The summed E-state index contributed by atoms with van der Waals surface area (Å²) in [7, 11) is 0.514. The first-order valence-electron chi connectivity index (χ1n) is 14.8. The molecule has 6 rings (SSSR count). The summed E-state index contributed by atoms with van der Waals surface area (Å²) in [6.07, 6.45) is 5.64. The zero-order valence-corrected chi connectivity index (χ0v) is 24.6. The Kier molecular flexibility index (Phi) is 9.10. The number of benzene rings is 5. The highest BCUT2D eigenvalue weighted by molar-refractivity contribution is 7.56. The molecule has 0 radical (unpaired) electrons. The third-order valence-electron chi connectivity index (χ3n) is 7.81. The van der Waals surface area contributed by atoms with Gasteiger partial charge in [0.1, 0.15) is 12.4 Å². The zero-order valence-electron chi connectivity index (χ0n) is 23.6. The first kappa shape index (κ1) is 27.3. The van der Waals surface area contributed by atoms with Crippen molar-refractivity contribution in [3.63, 3.8) is 0 Å². The van der Waals surface area contributed by atoms with Crippen LogP contribution in [0.5, 0.6) is 5.75 Å². The van der Waals surface area contributed by atoms with E-state index in [2.05, 4.69) is 132 Å². The molecule has 1 atom stereocenters. The monoisotopic (exact) mass is 555 g/mol. The maximum atomic E-state index is 6.78. The minimum absolute atomic E-state index is 0.514. The van der Waals surface area contributed by atoms with Crippen molar-refractivity contribution >= 4 is 24.9 Å². The van der Waals surface area contributed by atoms with Crippen molar-refractivity contribution in [2.24, 2.45) is 0 Å². The molecule has 1 saturated heterocycles. The summed E-state index contributed by atoms with van der Waals surface area (Å²) < 4.78 is 6.78. The molecular formula is C38H38NOP. The molecule has 1 unspecified atom stereocenters. The highest BCUT2D eigenvalue weighted by Gasteiger charge is 2.19. The van der Waals surface area contributed by atoms with Gasteiger partial charge < -0.3 is 9.64 Å². The summed E-state index contributed by atoms with van der Waals surface area (Å²) in [4.78, 5) is 2.59. The summed E-state index contributed by atoms with van der Waals surface area (Å²) in [6.45, 7) is 2.85. The van der Waals surface area contributed by atoms with Crippen molar-refractivity contribution < 1.29 is 4.74 Å². The fourth-order valence-electron chi connectivity index (χ4n) is 5.76. The lowest BCUT2D eigenvalue weighted by molar-refractivity contribution is 0.306. The predicted molar refractivity (Wildman–Crippen MR) is 176 cm³/mol. The quantitative estimate of drug-likeness (QED) is 0.162. The first-order valence-corrected chi connectivity index (χ1v) is 15.8. The maximum Gasteiger partial charge on any atom is 0.131 e. The molecule has 2 nitrogen and oxygen atoms in total. The molecule has 1 aliphatic rings. The summed E-state index contributed by atoms with van der Waals surface area (Å²) in [5.41, 5.74) is 7.81. The molecule has 0 aromatic heterocycles. The van der Waals surface area contributed by atoms with Crippen LogP contribution in [0.3, 0.4) is 0 Å². The molecule has 0 aliphatic carbocycles. The van der Waals surface area contributed by atoms with E-state index in [9.17, 15) is 0 Å². The first-order chi connectivity index (χ1) is 20.3. The van der Waals surface area contributed by atoms with E-state index >= 15 is 0 Å². The van der Waals surface area contributed by atoms with Gasteiger partial charge in [0.05, 0.1) is 0 Å². The minimum Gasteiger partial charge on any atom is -0.488 e. The van der Waals surface area contributed by atoms with E-state index in [0.717, 1.165) is 31.7 Å². The molecule has 1 heterocycles. The van der Waals surface area contributed by atoms with Crippen molar-refractivity contribution in [2.75, 3.05) is 18.0 Å². The Balaban J connectivity index is 1.42. The summed E-state index contributed by atoms with van der Waals surface area (Å²) in [5, 5.41) is 2.70. The number of nitrogens with zero attached hydrogens (tertiary/aromatic N) is 1. The van der Waals surface area contributed by atoms with Crippen LogP contribution in [-0.4, -0.2) is 13.1 Å². The van der Waals surface area contributed by atoms with Gasteiger partial charge in [-0.1, -0.05) is 124 Å². The fourth-order valence-corrected chi connectivity index (χ4v) is 7.21. The van der Waals surface area contributed by atoms with Crippen molar-refractivity contribution in [1.29, 1.82) is 0 Å². The van der Waals surface area contributed by atoms with Crippen LogP contribution < -0.4 is 20.2 Å². The third-order valence-corrected chi connectivity index (χ3v) is 9.14. The Morgan fingerprint density at radius 2 is 1.12 bits per heavy atom. The van der Waals surface area contributed by atoms with Gasteiger partial charge in [-0.25, -0.2) is 0 Å². The van der Waals surface area contributed by atoms with Gasteiger partial charge >= 0.3 is 0 Å². The van der Waals surface area contributed by atoms with Gasteiger partial charge in [0.2, 0.25) is 0 Å². The highest BCUT2D eigenvalue weighted by atomic mass is 31.1. The lowest BCUT2D eigenvalue weighted by atomic mass is 9.98. The number of para-hydroxylation sites is 1. The number of anilines is 1. The Morgan fingerprint density at radius 3 is 1.80 bits per heavy atom. The molecule has 206 valence electrons. The van der Waals surface area contributed by atoms with Crippen LogP contribution in [0.2, 0.25) is 0 Å². The normalized spacial score (nSPS) is 13.5. The molecule has 3 heteroatoms. The third kappa shape index (κ3) is 7.26. The molecule has 0 spiro atoms. The second-order valence-corrected chi connectivity index (χ2v) is 12.2. The zero-order chi connectivity index (χ0) is 27.7. The molecule has 41 heavy (non-hydrogen) atoms. The molecule has 1 aliphatic heterocycles. The van der Waals surface area contributed by atoms with Crippen LogP contribution in [0.15, 0.2) is 127 Å². The number of piperidine rings is 1. The highest BCUT2D eigenvalue weighted by Crippen LogP contribution is 2.32. The number of hydrogen-bond donors (Lipinski definition) is 0. The SMILES string of the molecule is c1ccc(COc2c(Cc3ccccc3)cc(Cc3ccccc3)cc2Pc2ccccc2N2CCCCC2)cc1. The molecule has 0 saturated carbocycles. The van der Waals surface area contributed by atoms with Gasteiger partial charge in [-0.15, -0.1) is 0 Å². The number of rotatable bonds is 10. The maximum absolute atomic E-state index is 6.78. The second kappa shape index (κ2) is 13.7. The summed E-state index contributed by atoms with van der Waals surface area (Å²) in [6, 6.07) is 46.0. The molecular weight excluding hydrogens is 517 g/mol. The minimum atomic E-state index is 0.514. The van der Waals surface area contributed by atoms with E-state index in [4.69, 9.17) is 4.74 Å². The average Bonchev–Trinajstić information content (AvgIpc) is 3.03. The van der Waals surface area contributed by atoms with E-state index in [0.29, 0.717) is 15.2 Å². The summed E-state index contributed by atoms with van der Waals surface area (Å²) in [5.74, 6) is 1.04. The van der Waals surface area contributed by atoms with Gasteiger partial charge in [0.25, 0.3) is 0 Å². The smallest absolute Gasteiger partial charge is 0.131 e. The van der Waals surface area contributed by atoms with Crippen LogP contribution in [0.25, 0.3) is 0 Å². The molecule has 1 fully saturated rings. The van der Waals surface area contributed by atoms with E-state index in [1.165, 1.54) is 63.4 Å². The topological polar surface area (TPSA) is 12.5 Å². The summed E-state index contributed by atoms with van der Waals surface area (Å²) >= 11 is 0. The number of hydrogen-bond acceptors (Lipinski definition) is 2. The van der Waals surface area contributed by atoms with Crippen molar-refractivity contribution in [2.45, 2.75) is 38.7 Å². The average molecular weight is 556 g/mol. The fraction of sp³-hybridized carbons (Fsp3) is 0.211. The lowest BCUT2D eigenvalue weighted by Gasteiger charge is -2.31. The van der Waals surface area contributed by atoms with E-state index in [1.54, 1.807) is 0 Å². The van der Waals surface area contributed by atoms with Gasteiger partial charge in [0, 0.05) is 35.8 Å². The Bertz CT molecular complexity index is 1530. The molecule has 0 N–H and O–H groups in total. The van der Waals surface area contributed by atoms with Crippen molar-refractivity contribution in [3.05, 3.63) is 155 Å². The van der Waals surface area contributed by atoms with E-state index in [1.807, 2.05) is 0 Å².